The molecule has 0 aromatic carbocycles. The van der Waals surface area contributed by atoms with Crippen molar-refractivity contribution in [3.8, 4) is 5.82 Å². The molecule has 0 aliphatic rings. The zero-order valence-electron chi connectivity index (χ0n) is 8.39. The van der Waals surface area contributed by atoms with Crippen LogP contribution in [-0.2, 0) is 6.42 Å². The molecule has 0 saturated carbocycles. The number of aromatic nitrogens is 4. The third-order valence-corrected chi connectivity index (χ3v) is 2.49. The van der Waals surface area contributed by atoms with Crippen LogP contribution in [0.3, 0.4) is 0 Å². The van der Waals surface area contributed by atoms with E-state index in [2.05, 4.69) is 37.8 Å². The molecule has 0 fully saturated rings. The molecule has 0 N–H and O–H groups in total. The molecule has 0 amide bonds. The van der Waals surface area contributed by atoms with Gasteiger partial charge in [-0.25, -0.2) is 15.0 Å². The van der Waals surface area contributed by atoms with E-state index in [1.807, 2.05) is 16.8 Å². The van der Waals surface area contributed by atoms with Crippen molar-refractivity contribution in [3.63, 3.8) is 0 Å². The highest BCUT2D eigenvalue weighted by molar-refractivity contribution is 9.10. The normalized spacial score (nSPS) is 10.5. The molecule has 2 aromatic heterocycles. The zero-order valence-corrected chi connectivity index (χ0v) is 9.98. The third-order valence-electron chi connectivity index (χ3n) is 2.06. The fourth-order valence-electron chi connectivity index (χ4n) is 1.41. The van der Waals surface area contributed by atoms with Crippen molar-refractivity contribution in [2.24, 2.45) is 0 Å². The number of hydrogen-bond acceptors (Lipinski definition) is 3. The number of imidazole rings is 1. The lowest BCUT2D eigenvalue weighted by molar-refractivity contribution is 0.795. The molecular formula is C10H11BrN4. The summed E-state index contributed by atoms with van der Waals surface area (Å²) in [6, 6.07) is 1.88. The van der Waals surface area contributed by atoms with E-state index in [4.69, 9.17) is 0 Å². The highest BCUT2D eigenvalue weighted by Gasteiger charge is 2.05. The van der Waals surface area contributed by atoms with Gasteiger partial charge in [-0.1, -0.05) is 6.92 Å². The van der Waals surface area contributed by atoms with E-state index in [1.165, 1.54) is 6.33 Å². The Labute approximate surface area is 96.5 Å². The second-order valence-corrected chi connectivity index (χ2v) is 3.97. The third kappa shape index (κ3) is 2.23. The first-order chi connectivity index (χ1) is 7.31. The van der Waals surface area contributed by atoms with Crippen LogP contribution in [0.4, 0.5) is 0 Å². The quantitative estimate of drug-likeness (QED) is 0.802. The van der Waals surface area contributed by atoms with Gasteiger partial charge in [0.25, 0.3) is 0 Å². The van der Waals surface area contributed by atoms with E-state index < -0.39 is 0 Å². The lowest BCUT2D eigenvalue weighted by Gasteiger charge is -2.05. The maximum absolute atomic E-state index is 4.30. The SMILES string of the molecule is CCCc1nccn1-c1cc(Br)ncn1. The number of nitrogens with zero attached hydrogens (tertiary/aromatic N) is 4. The van der Waals surface area contributed by atoms with Gasteiger partial charge in [0, 0.05) is 24.9 Å². The van der Waals surface area contributed by atoms with Gasteiger partial charge in [0.1, 0.15) is 22.6 Å². The largest absolute Gasteiger partial charge is 0.288 e. The van der Waals surface area contributed by atoms with E-state index in [1.54, 1.807) is 6.20 Å². The highest BCUT2D eigenvalue weighted by atomic mass is 79.9. The second-order valence-electron chi connectivity index (χ2n) is 3.16. The summed E-state index contributed by atoms with van der Waals surface area (Å²) in [7, 11) is 0. The van der Waals surface area contributed by atoms with E-state index in [-0.39, 0.29) is 0 Å². The average molecular weight is 267 g/mol. The minimum Gasteiger partial charge on any atom is -0.288 e. The smallest absolute Gasteiger partial charge is 0.142 e. The molecule has 2 aromatic rings. The van der Waals surface area contributed by atoms with E-state index in [0.29, 0.717) is 0 Å². The molecule has 0 aliphatic carbocycles. The molecule has 0 saturated heterocycles. The molecule has 0 radical (unpaired) electrons. The van der Waals surface area contributed by atoms with Crippen molar-refractivity contribution in [1.82, 2.24) is 19.5 Å². The van der Waals surface area contributed by atoms with Crippen LogP contribution < -0.4 is 0 Å². The van der Waals surface area contributed by atoms with Gasteiger partial charge in [0.05, 0.1) is 0 Å². The summed E-state index contributed by atoms with van der Waals surface area (Å²) in [5, 5.41) is 0. The van der Waals surface area contributed by atoms with Crippen LogP contribution in [0.1, 0.15) is 19.2 Å². The van der Waals surface area contributed by atoms with Gasteiger partial charge in [-0.2, -0.15) is 0 Å². The molecule has 0 spiro atoms. The van der Waals surface area contributed by atoms with Crippen LogP contribution >= 0.6 is 15.9 Å². The molecule has 2 heterocycles. The maximum Gasteiger partial charge on any atom is 0.142 e. The van der Waals surface area contributed by atoms with E-state index in [0.717, 1.165) is 29.1 Å². The summed E-state index contributed by atoms with van der Waals surface area (Å²) >= 11 is 3.33. The molecule has 0 bridgehead atoms. The summed E-state index contributed by atoms with van der Waals surface area (Å²) in [5.41, 5.74) is 0. The molecule has 0 atom stereocenters. The standard InChI is InChI=1S/C10H11BrN4/c1-2-3-9-12-4-5-15(9)10-6-8(11)13-7-14-10/h4-7H,2-3H2,1H3. The van der Waals surface area contributed by atoms with Crippen LogP contribution in [0.15, 0.2) is 29.4 Å². The molecule has 4 nitrogen and oxygen atoms in total. The fourth-order valence-corrected chi connectivity index (χ4v) is 1.70. The molecule has 78 valence electrons. The van der Waals surface area contributed by atoms with Gasteiger partial charge in [-0.15, -0.1) is 0 Å². The van der Waals surface area contributed by atoms with Gasteiger partial charge in [0.15, 0.2) is 0 Å². The first kappa shape index (κ1) is 10.3. The van der Waals surface area contributed by atoms with Crippen molar-refractivity contribution < 1.29 is 0 Å². The summed E-state index contributed by atoms with van der Waals surface area (Å²) in [4.78, 5) is 12.5. The van der Waals surface area contributed by atoms with Crippen molar-refractivity contribution >= 4 is 15.9 Å². The van der Waals surface area contributed by atoms with Crippen molar-refractivity contribution in [1.29, 1.82) is 0 Å². The Morgan fingerprint density at radius 3 is 2.93 bits per heavy atom. The van der Waals surface area contributed by atoms with Gasteiger partial charge in [0.2, 0.25) is 0 Å². The van der Waals surface area contributed by atoms with E-state index in [9.17, 15) is 0 Å². The molecular weight excluding hydrogens is 256 g/mol. The number of rotatable bonds is 3. The minimum atomic E-state index is 0.781. The van der Waals surface area contributed by atoms with Crippen LogP contribution in [0.5, 0.6) is 0 Å². The summed E-state index contributed by atoms with van der Waals surface area (Å²) in [6.07, 6.45) is 7.27. The Morgan fingerprint density at radius 2 is 2.20 bits per heavy atom. The van der Waals surface area contributed by atoms with Crippen LogP contribution in [0.25, 0.3) is 5.82 Å². The zero-order chi connectivity index (χ0) is 10.7. The number of hydrogen-bond donors (Lipinski definition) is 0. The molecule has 0 aliphatic heterocycles. The predicted octanol–water partition coefficient (Wildman–Crippen LogP) is 2.38. The topological polar surface area (TPSA) is 43.6 Å². The minimum absolute atomic E-state index is 0.781. The average Bonchev–Trinajstić information content (AvgIpc) is 2.66. The molecule has 15 heavy (non-hydrogen) atoms. The lowest BCUT2D eigenvalue weighted by Crippen LogP contribution is -2.02. The van der Waals surface area contributed by atoms with Gasteiger partial charge in [-0.3, -0.25) is 4.57 Å². The monoisotopic (exact) mass is 266 g/mol. The van der Waals surface area contributed by atoms with Crippen molar-refractivity contribution in [2.45, 2.75) is 19.8 Å². The highest BCUT2D eigenvalue weighted by Crippen LogP contribution is 2.12. The van der Waals surface area contributed by atoms with Crippen LogP contribution in [0, 0.1) is 0 Å². The molecule has 5 heteroatoms. The van der Waals surface area contributed by atoms with Crippen molar-refractivity contribution in [2.75, 3.05) is 0 Å². The summed E-state index contributed by atoms with van der Waals surface area (Å²) in [5.74, 6) is 1.88. The Balaban J connectivity index is 2.40. The van der Waals surface area contributed by atoms with Gasteiger partial charge < -0.3 is 0 Å². The maximum atomic E-state index is 4.30. The van der Waals surface area contributed by atoms with Crippen molar-refractivity contribution in [3.05, 3.63) is 35.2 Å². The summed E-state index contributed by atoms with van der Waals surface area (Å²) in [6.45, 7) is 2.13. The first-order valence-electron chi connectivity index (χ1n) is 4.81. The second kappa shape index (κ2) is 4.53. The number of aryl methyl sites for hydroxylation is 1. The molecule has 2 rings (SSSR count). The van der Waals surface area contributed by atoms with Gasteiger partial charge in [-0.05, 0) is 22.4 Å². The Bertz CT molecular complexity index is 452. The first-order valence-corrected chi connectivity index (χ1v) is 5.60. The number of halogens is 1. The summed E-state index contributed by atoms with van der Waals surface area (Å²) < 4.78 is 2.76. The predicted molar refractivity (Wildman–Crippen MR) is 60.8 cm³/mol. The van der Waals surface area contributed by atoms with E-state index >= 15 is 0 Å². The van der Waals surface area contributed by atoms with Gasteiger partial charge >= 0.3 is 0 Å². The van der Waals surface area contributed by atoms with Crippen LogP contribution in [-0.4, -0.2) is 19.5 Å². The Hall–Kier alpha value is -1.23. The Kier molecular flexibility index (Phi) is 3.11. The lowest BCUT2D eigenvalue weighted by atomic mass is 10.3. The Morgan fingerprint density at radius 1 is 1.33 bits per heavy atom. The fraction of sp³-hybridized carbons (Fsp3) is 0.300. The molecule has 0 unspecified atom stereocenters. The van der Waals surface area contributed by atoms with Crippen LogP contribution in [0.2, 0.25) is 0 Å².